The van der Waals surface area contributed by atoms with E-state index in [2.05, 4.69) is 31.9 Å². The Kier molecular flexibility index (Phi) is 29.9. The monoisotopic (exact) mass is 1140 g/mol. The van der Waals surface area contributed by atoms with E-state index in [-0.39, 0.29) is 37.2 Å². The van der Waals surface area contributed by atoms with Crippen LogP contribution in [0.25, 0.3) is 0 Å². The Morgan fingerprint density at radius 2 is 1.48 bits per heavy atom. The number of aliphatic hydroxyl groups excluding tert-OH is 2. The van der Waals surface area contributed by atoms with Gasteiger partial charge in [0.25, 0.3) is 0 Å². The molecule has 6 amide bonds. The Morgan fingerprint density at radius 1 is 0.864 bits per heavy atom. The first kappa shape index (κ1) is 70.3. The van der Waals surface area contributed by atoms with Crippen molar-refractivity contribution in [2.45, 2.75) is 175 Å². The quantitative estimate of drug-likeness (QED) is 0.0540. The number of amides is 6. The normalized spacial score (nSPS) is 23.7. The van der Waals surface area contributed by atoms with Crippen LogP contribution in [-0.4, -0.2) is 167 Å². The zero-order valence-corrected chi connectivity index (χ0v) is 49.3. The molecule has 11 N–H and O–H groups in total. The van der Waals surface area contributed by atoms with Crippen molar-refractivity contribution in [2.24, 2.45) is 23.5 Å². The van der Waals surface area contributed by atoms with E-state index in [4.69, 9.17) is 19.9 Å². The molecule has 0 spiro atoms. The lowest BCUT2D eigenvalue weighted by Gasteiger charge is -2.32. The minimum Gasteiger partial charge on any atom is -0.487 e. The summed E-state index contributed by atoms with van der Waals surface area (Å²) in [6.45, 7) is 19.4. The van der Waals surface area contributed by atoms with Gasteiger partial charge in [-0.15, -0.1) is 0 Å². The summed E-state index contributed by atoms with van der Waals surface area (Å²) < 4.78 is 16.4. The SMILES string of the molecule is CCCCNC[C@@]1(O)/C=C/C(=O)NCC(=O)OC[C@@H](C)NC(=O)[C@@H]([C@@H](C)O)NC(=O)[C@H](Cc2ccccc2)N(C)C(=O)[C@@H](N)c2ccc(cc2)O[C@@H]1C.CC[C@H](C)[C@@H](NC(=O)[C@@H](NC(=O)[C@H](C)[C@H](O)C(C)C)[C@@H](C)OC(C)=O)C(C)=O. The van der Waals surface area contributed by atoms with E-state index in [1.54, 1.807) is 83.1 Å². The summed E-state index contributed by atoms with van der Waals surface area (Å²) in [4.78, 5) is 116. The number of unbranched alkanes of at least 4 members (excludes halogenated alkanes) is 1. The topological polar surface area (TPSA) is 343 Å². The number of nitrogens with one attached hydrogen (secondary N) is 6. The fraction of sp³-hybridized carbons (Fsp3) is 0.603. The van der Waals surface area contributed by atoms with Crippen LogP contribution in [-0.2, 0) is 59.0 Å². The second-order valence-electron chi connectivity index (χ2n) is 21.2. The predicted molar refractivity (Wildman–Crippen MR) is 302 cm³/mol. The second kappa shape index (κ2) is 34.5. The van der Waals surface area contributed by atoms with E-state index in [1.807, 2.05) is 26.8 Å². The Bertz CT molecular complexity index is 2410. The molecule has 2 heterocycles. The average molecular weight is 1140 g/mol. The minimum absolute atomic E-state index is 0.0566. The van der Waals surface area contributed by atoms with Crippen LogP contribution in [0.5, 0.6) is 5.75 Å². The van der Waals surface area contributed by atoms with Crippen molar-refractivity contribution < 1.29 is 72.7 Å². The van der Waals surface area contributed by atoms with E-state index in [9.17, 15) is 58.5 Å². The summed E-state index contributed by atoms with van der Waals surface area (Å²) in [7, 11) is 1.44. The van der Waals surface area contributed by atoms with E-state index in [0.29, 0.717) is 24.3 Å². The lowest BCUT2D eigenvalue weighted by Crippen LogP contribution is -2.59. The highest BCUT2D eigenvalue weighted by atomic mass is 16.5. The average Bonchev–Trinajstić information content (AvgIpc) is 3.42. The number of nitrogens with two attached hydrogens (primary N) is 1. The standard InChI is InChI=1S/C38H54N6O9.C20H36N2O6/c1-6-7-19-40-23-38(51)18-17-31(46)41-21-32(47)52-22-24(2)42-36(49)34(25(3)45)43-35(48)30(20-27-11-9-8-10-12-27)44(5)37(50)33(39)28-13-15-29(16-14-28)53-26(38)4;1-9-11(4)16(13(6)23)21-20(27)17(14(7)28-15(8)24)22-19(26)12(5)18(25)10(2)3/h8-18,24-26,30,33-34,40,45,51H,6-7,19-23,39H2,1-5H3,(H,41,46)(H,42,49)(H,43,48);10-12,14,16-18,25H,9H2,1-8H3,(H,21,27)(H,22,26)/b18-17+;/t24-,25-,26-,30+,33+,34-,38+;11-,12+,14+,16+,17-,18+/m10/s1. The number of carbonyl (C=O) groups is 9. The molecule has 0 aliphatic carbocycles. The fourth-order valence-electron chi connectivity index (χ4n) is 8.35. The smallest absolute Gasteiger partial charge is 0.325 e. The van der Waals surface area contributed by atoms with Crippen LogP contribution >= 0.6 is 0 Å². The fourth-order valence-corrected chi connectivity index (χ4v) is 8.35. The van der Waals surface area contributed by atoms with Gasteiger partial charge in [-0.05, 0) is 88.8 Å². The van der Waals surface area contributed by atoms with Crippen molar-refractivity contribution >= 4 is 53.2 Å². The molecule has 23 heteroatoms. The number of ether oxygens (including phenoxy) is 3. The van der Waals surface area contributed by atoms with Crippen LogP contribution in [0, 0.1) is 17.8 Å². The molecule has 0 unspecified atom stereocenters. The third kappa shape index (κ3) is 23.3. The lowest BCUT2D eigenvalue weighted by atomic mass is 9.93. The highest BCUT2D eigenvalue weighted by Crippen LogP contribution is 2.24. The van der Waals surface area contributed by atoms with Gasteiger partial charge in [0.15, 0.2) is 5.78 Å². The summed E-state index contributed by atoms with van der Waals surface area (Å²) in [6.07, 6.45) is 0.925. The molecule has 2 aromatic rings. The van der Waals surface area contributed by atoms with Gasteiger partial charge in [-0.1, -0.05) is 96.8 Å². The number of carbonyl (C=O) groups excluding carboxylic acids is 9. The molecule has 13 atom stereocenters. The summed E-state index contributed by atoms with van der Waals surface area (Å²) in [5, 5.41) is 48.3. The minimum atomic E-state index is -1.66. The van der Waals surface area contributed by atoms with Crippen LogP contribution in [0.4, 0.5) is 0 Å². The maximum atomic E-state index is 13.8. The highest BCUT2D eigenvalue weighted by molar-refractivity contribution is 5.95. The van der Waals surface area contributed by atoms with E-state index in [1.165, 1.54) is 45.7 Å². The van der Waals surface area contributed by atoms with Crippen molar-refractivity contribution in [3.63, 3.8) is 0 Å². The molecule has 0 fully saturated rings. The molecule has 0 saturated heterocycles. The zero-order valence-electron chi connectivity index (χ0n) is 49.3. The molecule has 452 valence electrons. The first-order chi connectivity index (χ1) is 38.0. The number of ketones is 1. The van der Waals surface area contributed by atoms with E-state index >= 15 is 0 Å². The zero-order chi connectivity index (χ0) is 61.3. The van der Waals surface area contributed by atoms with Crippen molar-refractivity contribution in [1.29, 1.82) is 0 Å². The van der Waals surface area contributed by atoms with Gasteiger partial charge in [0.2, 0.25) is 35.4 Å². The van der Waals surface area contributed by atoms with Gasteiger partial charge in [-0.25, -0.2) is 0 Å². The lowest BCUT2D eigenvalue weighted by molar-refractivity contribution is -0.151. The number of likely N-dealkylation sites (N-methyl/N-ethyl adjacent to an activating group) is 1. The number of fused-ring (bicyclic) bond motifs is 21. The van der Waals surface area contributed by atoms with Crippen LogP contribution in [0.15, 0.2) is 66.7 Å². The van der Waals surface area contributed by atoms with Gasteiger partial charge in [0.1, 0.15) is 60.9 Å². The third-order valence-corrected chi connectivity index (χ3v) is 13.9. The number of hydrogen-bond donors (Lipinski definition) is 10. The van der Waals surface area contributed by atoms with Crippen molar-refractivity contribution in [3.05, 3.63) is 77.9 Å². The Morgan fingerprint density at radius 3 is 2.04 bits per heavy atom. The number of hydrogen-bond acceptors (Lipinski definition) is 17. The molecular formula is C58H90N8O15. The van der Waals surface area contributed by atoms with Crippen molar-refractivity contribution in [1.82, 2.24) is 36.8 Å². The number of esters is 2. The van der Waals surface area contributed by atoms with E-state index in [0.717, 1.165) is 24.5 Å². The van der Waals surface area contributed by atoms with Crippen molar-refractivity contribution in [2.75, 3.05) is 33.3 Å². The summed E-state index contributed by atoms with van der Waals surface area (Å²) in [5.41, 5.74) is 5.95. The van der Waals surface area contributed by atoms with Gasteiger partial charge in [-0.2, -0.15) is 0 Å². The van der Waals surface area contributed by atoms with E-state index < -0.39 is 126 Å². The number of Topliss-reactive ketones (excluding diaryl/α,β-unsaturated/α-hetero) is 1. The summed E-state index contributed by atoms with van der Waals surface area (Å²) >= 11 is 0. The molecule has 81 heavy (non-hydrogen) atoms. The highest BCUT2D eigenvalue weighted by Gasteiger charge is 2.38. The second-order valence-corrected chi connectivity index (χ2v) is 21.2. The van der Waals surface area contributed by atoms with Gasteiger partial charge in [-0.3, -0.25) is 43.2 Å². The van der Waals surface area contributed by atoms with Crippen molar-refractivity contribution in [3.8, 4) is 5.75 Å². The summed E-state index contributed by atoms with van der Waals surface area (Å²) in [5.74, 6) is -6.10. The van der Waals surface area contributed by atoms with Gasteiger partial charge in [0.05, 0.1) is 30.2 Å². The first-order valence-corrected chi connectivity index (χ1v) is 27.6. The molecule has 23 nitrogen and oxygen atoms in total. The molecule has 0 aromatic heterocycles. The number of benzene rings is 2. The van der Waals surface area contributed by atoms with Crippen LogP contribution in [0.1, 0.15) is 120 Å². The number of nitrogens with zero attached hydrogens (tertiary/aromatic N) is 1. The van der Waals surface area contributed by atoms with Gasteiger partial charge >= 0.3 is 11.9 Å². The first-order valence-electron chi connectivity index (χ1n) is 27.6. The van der Waals surface area contributed by atoms with Crippen LogP contribution in [0.2, 0.25) is 0 Å². The molecule has 0 saturated carbocycles. The summed E-state index contributed by atoms with van der Waals surface area (Å²) in [6, 6.07) is 8.98. The maximum absolute atomic E-state index is 13.8. The third-order valence-electron chi connectivity index (χ3n) is 13.9. The Hall–Kier alpha value is -6.79. The molecule has 2 bridgehead atoms. The van der Waals surface area contributed by atoms with Crippen LogP contribution in [0.3, 0.4) is 0 Å². The Labute approximate surface area is 476 Å². The maximum Gasteiger partial charge on any atom is 0.325 e. The Balaban J connectivity index is 0.000000676. The van der Waals surface area contributed by atoms with Gasteiger partial charge < -0.3 is 72.1 Å². The van der Waals surface area contributed by atoms with Crippen LogP contribution < -0.4 is 42.4 Å². The molecule has 2 aliphatic rings. The molecule has 2 aromatic carbocycles. The molecule has 0 radical (unpaired) electrons. The van der Waals surface area contributed by atoms with Gasteiger partial charge in [0, 0.05) is 33.0 Å². The molecular weight excluding hydrogens is 1050 g/mol. The largest absolute Gasteiger partial charge is 0.487 e. The molecule has 4 rings (SSSR count). The number of aliphatic hydroxyl groups is 3. The molecule has 2 aliphatic heterocycles. The number of rotatable bonds is 19. The predicted octanol–water partition coefficient (Wildman–Crippen LogP) is 1.44.